The predicted octanol–water partition coefficient (Wildman–Crippen LogP) is 2.97. The van der Waals surface area contributed by atoms with Crippen molar-refractivity contribution < 1.29 is 59.6 Å². The van der Waals surface area contributed by atoms with Gasteiger partial charge in [-0.1, -0.05) is 18.2 Å². The number of carboxylic acid groups (broad SMARTS) is 2. The van der Waals surface area contributed by atoms with E-state index in [2.05, 4.69) is 0 Å². The Labute approximate surface area is 220 Å². The zero-order chi connectivity index (χ0) is 28.7. The summed E-state index contributed by atoms with van der Waals surface area (Å²) in [7, 11) is 0. The number of esters is 1. The van der Waals surface area contributed by atoms with E-state index in [9.17, 15) is 50.1 Å². The second-order valence-corrected chi connectivity index (χ2v) is 8.02. The van der Waals surface area contributed by atoms with Gasteiger partial charge in [-0.25, -0.2) is 14.4 Å². The van der Waals surface area contributed by atoms with Crippen LogP contribution in [0.5, 0.6) is 34.5 Å². The maximum absolute atomic E-state index is 12.2. The summed E-state index contributed by atoms with van der Waals surface area (Å²) in [5, 5.41) is 66.9. The summed E-state index contributed by atoms with van der Waals surface area (Å²) in [6, 6.07) is 11.0. The van der Waals surface area contributed by atoms with E-state index in [1.54, 1.807) is 0 Å². The van der Waals surface area contributed by atoms with Gasteiger partial charge in [-0.15, -0.1) is 0 Å². The molecule has 0 saturated heterocycles. The summed E-state index contributed by atoms with van der Waals surface area (Å²) in [5.74, 6) is -6.98. The molecule has 202 valence electrons. The van der Waals surface area contributed by atoms with Gasteiger partial charge in [0.2, 0.25) is 11.9 Å². The molecule has 0 fully saturated rings. The number of carbonyl (C=O) groups is 3. The molecule has 0 unspecified atom stereocenters. The molecule has 0 aliphatic heterocycles. The summed E-state index contributed by atoms with van der Waals surface area (Å²) in [4.78, 5) is 35.3. The Morgan fingerprint density at radius 3 is 1.95 bits per heavy atom. The maximum Gasteiger partial charge on any atom is 0.371 e. The van der Waals surface area contributed by atoms with Crippen molar-refractivity contribution in [2.75, 3.05) is 0 Å². The lowest BCUT2D eigenvalue weighted by molar-refractivity contribution is -0.160. The zero-order valence-corrected chi connectivity index (χ0v) is 19.9. The third-order valence-corrected chi connectivity index (χ3v) is 5.12. The number of benzene rings is 3. The van der Waals surface area contributed by atoms with Gasteiger partial charge in [0.15, 0.2) is 34.5 Å². The second kappa shape index (κ2) is 12.1. The monoisotopic (exact) mass is 538 g/mol. The number of phenolic OH excluding ortho intramolecular Hbond substituents is 5. The highest BCUT2D eigenvalue weighted by atomic mass is 16.6. The van der Waals surface area contributed by atoms with Crippen molar-refractivity contribution in [2.45, 2.75) is 12.5 Å². The van der Waals surface area contributed by atoms with Gasteiger partial charge in [-0.05, 0) is 65.2 Å². The third kappa shape index (κ3) is 7.67. The molecule has 0 bridgehead atoms. The molecule has 12 nitrogen and oxygen atoms in total. The molecule has 3 aromatic rings. The van der Waals surface area contributed by atoms with Crippen LogP contribution in [0, 0.1) is 0 Å². The fraction of sp³-hybridized carbons (Fsp3) is 0.0741. The lowest BCUT2D eigenvalue weighted by Crippen LogP contribution is -2.28. The first-order valence-corrected chi connectivity index (χ1v) is 11.0. The maximum atomic E-state index is 12.2. The number of ether oxygens (including phenoxy) is 2. The van der Waals surface area contributed by atoms with Gasteiger partial charge in [-0.3, -0.25) is 0 Å². The Balaban J connectivity index is 1.69. The number of rotatable bonds is 10. The molecule has 0 spiro atoms. The number of hydrogen-bond acceptors (Lipinski definition) is 10. The molecular weight excluding hydrogens is 516 g/mol. The van der Waals surface area contributed by atoms with E-state index in [1.165, 1.54) is 36.4 Å². The SMILES string of the molecule is O=C(C=Cc1ccc(OC(=Cc2ccc(O)c(O)c2)C(=O)O)c(O)c1)O[C@@H](Cc1ccc(O)c(O)c1)C(=O)O. The van der Waals surface area contributed by atoms with Crippen LogP contribution in [0.1, 0.15) is 16.7 Å². The summed E-state index contributed by atoms with van der Waals surface area (Å²) in [6.45, 7) is 0. The largest absolute Gasteiger partial charge is 0.504 e. The van der Waals surface area contributed by atoms with Crippen molar-refractivity contribution >= 4 is 30.1 Å². The van der Waals surface area contributed by atoms with E-state index in [4.69, 9.17) is 9.47 Å². The fourth-order valence-corrected chi connectivity index (χ4v) is 3.19. The molecule has 0 saturated carbocycles. The molecule has 3 aromatic carbocycles. The van der Waals surface area contributed by atoms with Gasteiger partial charge >= 0.3 is 17.9 Å². The highest BCUT2D eigenvalue weighted by molar-refractivity contribution is 5.91. The number of phenols is 5. The quantitative estimate of drug-likeness (QED) is 0.0859. The van der Waals surface area contributed by atoms with Gasteiger partial charge in [-0.2, -0.15) is 0 Å². The van der Waals surface area contributed by atoms with Gasteiger partial charge in [0, 0.05) is 12.5 Å². The zero-order valence-electron chi connectivity index (χ0n) is 19.9. The molecule has 0 radical (unpaired) electrons. The number of aliphatic carboxylic acids is 2. The van der Waals surface area contributed by atoms with Crippen molar-refractivity contribution in [1.29, 1.82) is 0 Å². The Bertz CT molecular complexity index is 1470. The van der Waals surface area contributed by atoms with E-state index in [1.807, 2.05) is 0 Å². The van der Waals surface area contributed by atoms with Crippen molar-refractivity contribution in [3.05, 3.63) is 83.1 Å². The lowest BCUT2D eigenvalue weighted by Gasteiger charge is -2.13. The molecule has 0 heterocycles. The number of aromatic hydroxyl groups is 5. The topological polar surface area (TPSA) is 211 Å². The molecule has 0 amide bonds. The van der Waals surface area contributed by atoms with Crippen LogP contribution in [-0.4, -0.2) is 59.8 Å². The fourth-order valence-electron chi connectivity index (χ4n) is 3.19. The summed E-state index contributed by atoms with van der Waals surface area (Å²) >= 11 is 0. The average molecular weight is 538 g/mol. The van der Waals surface area contributed by atoms with Crippen molar-refractivity contribution in [1.82, 2.24) is 0 Å². The number of carboxylic acids is 2. The molecule has 0 aliphatic rings. The normalized spacial score (nSPS) is 12.2. The summed E-state index contributed by atoms with van der Waals surface area (Å²) in [5.41, 5.74) is 0.755. The van der Waals surface area contributed by atoms with Crippen LogP contribution in [0.15, 0.2) is 66.4 Å². The van der Waals surface area contributed by atoms with E-state index < -0.39 is 58.5 Å². The molecule has 12 heteroatoms. The Morgan fingerprint density at radius 2 is 1.36 bits per heavy atom. The molecule has 7 N–H and O–H groups in total. The van der Waals surface area contributed by atoms with Crippen molar-refractivity contribution in [3.8, 4) is 34.5 Å². The van der Waals surface area contributed by atoms with E-state index in [0.717, 1.165) is 36.4 Å². The lowest BCUT2D eigenvalue weighted by atomic mass is 10.1. The van der Waals surface area contributed by atoms with Crippen LogP contribution < -0.4 is 4.74 Å². The Morgan fingerprint density at radius 1 is 0.744 bits per heavy atom. The molecule has 3 rings (SSSR count). The average Bonchev–Trinajstić information content (AvgIpc) is 2.87. The minimum atomic E-state index is -1.59. The van der Waals surface area contributed by atoms with Crippen molar-refractivity contribution in [2.24, 2.45) is 0 Å². The standard InChI is InChI=1S/C27H22O12/c28-17-5-1-15(10-19(17)30)12-23(26(34)35)38-22-7-3-14(9-21(22)32)4-8-25(33)39-24(27(36)37)13-16-2-6-18(29)20(31)11-16/h1-12,24,28-32H,13H2,(H,34,35)(H,36,37)/t24-/m0/s1. The highest BCUT2D eigenvalue weighted by Crippen LogP contribution is 2.31. The Hall–Kier alpha value is -5.65. The van der Waals surface area contributed by atoms with Gasteiger partial charge in [0.1, 0.15) is 0 Å². The van der Waals surface area contributed by atoms with Crippen LogP contribution in [0.25, 0.3) is 12.2 Å². The second-order valence-electron chi connectivity index (χ2n) is 8.02. The Kier molecular flexibility index (Phi) is 8.64. The van der Waals surface area contributed by atoms with E-state index >= 15 is 0 Å². The molecule has 0 aromatic heterocycles. The molecule has 0 aliphatic carbocycles. The number of carbonyl (C=O) groups excluding carboxylic acids is 1. The first-order chi connectivity index (χ1) is 18.4. The van der Waals surface area contributed by atoms with Crippen LogP contribution >= 0.6 is 0 Å². The first kappa shape index (κ1) is 27.9. The third-order valence-electron chi connectivity index (χ3n) is 5.12. The van der Waals surface area contributed by atoms with Gasteiger partial charge < -0.3 is 45.2 Å². The van der Waals surface area contributed by atoms with Gasteiger partial charge in [0.05, 0.1) is 0 Å². The van der Waals surface area contributed by atoms with Crippen LogP contribution in [-0.2, 0) is 25.5 Å². The highest BCUT2D eigenvalue weighted by Gasteiger charge is 2.22. The summed E-state index contributed by atoms with van der Waals surface area (Å²) < 4.78 is 10.2. The molecule has 39 heavy (non-hydrogen) atoms. The smallest absolute Gasteiger partial charge is 0.371 e. The van der Waals surface area contributed by atoms with Gasteiger partial charge in [0.25, 0.3) is 0 Å². The van der Waals surface area contributed by atoms with E-state index in [-0.39, 0.29) is 23.3 Å². The van der Waals surface area contributed by atoms with Crippen LogP contribution in [0.2, 0.25) is 0 Å². The molecule has 1 atom stereocenters. The number of hydrogen-bond donors (Lipinski definition) is 7. The van der Waals surface area contributed by atoms with E-state index in [0.29, 0.717) is 5.56 Å². The van der Waals surface area contributed by atoms with Crippen molar-refractivity contribution in [3.63, 3.8) is 0 Å². The van der Waals surface area contributed by atoms with Crippen LogP contribution in [0.3, 0.4) is 0 Å². The molecular formula is C27H22O12. The minimum absolute atomic E-state index is 0.196. The first-order valence-electron chi connectivity index (χ1n) is 11.0. The van der Waals surface area contributed by atoms with Crippen LogP contribution in [0.4, 0.5) is 0 Å². The summed E-state index contributed by atoms with van der Waals surface area (Å²) in [6.07, 6.45) is 1.32. The minimum Gasteiger partial charge on any atom is -0.504 e. The predicted molar refractivity (Wildman–Crippen MR) is 134 cm³/mol.